The van der Waals surface area contributed by atoms with E-state index < -0.39 is 0 Å². The van der Waals surface area contributed by atoms with E-state index in [1.165, 1.54) is 11.7 Å². The minimum atomic E-state index is -0.251. The van der Waals surface area contributed by atoms with E-state index in [0.717, 1.165) is 11.1 Å². The Morgan fingerprint density at radius 2 is 1.89 bits per heavy atom. The zero-order valence-corrected chi connectivity index (χ0v) is 15.2. The monoisotopic (exact) mass is 374 g/mol. The topological polar surface area (TPSA) is 103 Å². The van der Waals surface area contributed by atoms with Gasteiger partial charge in [-0.2, -0.15) is 0 Å². The van der Waals surface area contributed by atoms with Crippen LogP contribution in [0, 0.1) is 0 Å². The first-order chi connectivity index (χ1) is 13.6. The van der Waals surface area contributed by atoms with Crippen molar-refractivity contribution in [3.63, 3.8) is 0 Å². The second kappa shape index (κ2) is 7.13. The molecule has 3 N–H and O–H groups in total. The van der Waals surface area contributed by atoms with Crippen LogP contribution in [0.3, 0.4) is 0 Å². The van der Waals surface area contributed by atoms with E-state index in [1.54, 1.807) is 36.5 Å². The minimum Gasteiger partial charge on any atom is -0.481 e. The van der Waals surface area contributed by atoms with Crippen molar-refractivity contribution in [2.24, 2.45) is 0 Å². The van der Waals surface area contributed by atoms with E-state index in [0.29, 0.717) is 28.0 Å². The molecule has 0 saturated heterocycles. The lowest BCUT2D eigenvalue weighted by Crippen LogP contribution is -2.23. The third-order valence-electron chi connectivity index (χ3n) is 4.53. The molecule has 2 heterocycles. The van der Waals surface area contributed by atoms with Crippen molar-refractivity contribution in [3.05, 3.63) is 76.7 Å². The van der Waals surface area contributed by atoms with Crippen molar-refractivity contribution in [2.75, 3.05) is 12.8 Å². The largest absolute Gasteiger partial charge is 0.481 e. The number of aromatic nitrogens is 3. The average Bonchev–Trinajstić information content (AvgIpc) is 2.74. The summed E-state index contributed by atoms with van der Waals surface area (Å²) in [5.41, 5.74) is 9.06. The van der Waals surface area contributed by atoms with Crippen LogP contribution >= 0.6 is 0 Å². The minimum absolute atomic E-state index is 0.130. The highest BCUT2D eigenvalue weighted by Gasteiger charge is 2.13. The normalized spacial score (nSPS) is 10.9. The van der Waals surface area contributed by atoms with Crippen molar-refractivity contribution in [1.29, 1.82) is 0 Å². The summed E-state index contributed by atoms with van der Waals surface area (Å²) in [6.07, 6.45) is 1.64. The highest BCUT2D eigenvalue weighted by atomic mass is 16.5. The molecule has 0 unspecified atom stereocenters. The van der Waals surface area contributed by atoms with Gasteiger partial charge in [-0.05, 0) is 35.9 Å². The molecule has 0 aliphatic carbocycles. The summed E-state index contributed by atoms with van der Waals surface area (Å²) in [6.45, 7) is -0.198. The molecule has 0 spiro atoms. The van der Waals surface area contributed by atoms with E-state index in [1.807, 2.05) is 24.3 Å². The number of pyridine rings is 1. The predicted octanol–water partition coefficient (Wildman–Crippen LogP) is 2.53. The number of nitrogens with two attached hydrogens (primary N) is 1. The maximum atomic E-state index is 13.1. The molecule has 7 nitrogen and oxygen atoms in total. The number of hydrogen-bond donors (Lipinski definition) is 2. The van der Waals surface area contributed by atoms with Crippen LogP contribution in [-0.2, 0) is 6.61 Å². The first-order valence-electron chi connectivity index (χ1n) is 8.64. The summed E-state index contributed by atoms with van der Waals surface area (Å²) >= 11 is 0. The Morgan fingerprint density at radius 1 is 1.11 bits per heavy atom. The van der Waals surface area contributed by atoms with Gasteiger partial charge in [-0.25, -0.2) is 14.5 Å². The quantitative estimate of drug-likeness (QED) is 0.569. The predicted molar refractivity (Wildman–Crippen MR) is 107 cm³/mol. The molecule has 4 aromatic rings. The van der Waals surface area contributed by atoms with E-state index in [2.05, 4.69) is 9.97 Å². The van der Waals surface area contributed by atoms with Gasteiger partial charge in [0.05, 0.1) is 30.3 Å². The van der Waals surface area contributed by atoms with Crippen LogP contribution in [0.2, 0.25) is 0 Å². The Balaban J connectivity index is 1.91. The molecule has 2 aromatic heterocycles. The van der Waals surface area contributed by atoms with Gasteiger partial charge in [0.2, 0.25) is 11.8 Å². The molecular formula is C21H18N4O3. The Hall–Kier alpha value is -3.71. The molecule has 4 rings (SSSR count). The van der Waals surface area contributed by atoms with Crippen LogP contribution in [0.25, 0.3) is 27.7 Å². The van der Waals surface area contributed by atoms with Gasteiger partial charge in [-0.3, -0.25) is 4.79 Å². The summed E-state index contributed by atoms with van der Waals surface area (Å²) in [4.78, 5) is 21.7. The third-order valence-corrected chi connectivity index (χ3v) is 4.53. The fourth-order valence-corrected chi connectivity index (χ4v) is 3.16. The van der Waals surface area contributed by atoms with Crippen LogP contribution in [-0.4, -0.2) is 26.8 Å². The van der Waals surface area contributed by atoms with Gasteiger partial charge in [0.15, 0.2) is 0 Å². The molecule has 0 saturated carbocycles. The molecule has 0 bridgehead atoms. The molecule has 0 aliphatic rings. The molecule has 0 atom stereocenters. The van der Waals surface area contributed by atoms with Crippen LogP contribution in [0.1, 0.15) is 5.56 Å². The lowest BCUT2D eigenvalue weighted by molar-refractivity contribution is 0.271. The van der Waals surface area contributed by atoms with Crippen molar-refractivity contribution >= 4 is 16.9 Å². The Morgan fingerprint density at radius 3 is 2.61 bits per heavy atom. The Labute approximate surface area is 160 Å². The number of hydrogen-bond acceptors (Lipinski definition) is 6. The molecule has 0 amide bonds. The summed E-state index contributed by atoms with van der Waals surface area (Å²) in [7, 11) is 1.50. The molecule has 7 heteroatoms. The number of ether oxygens (including phenoxy) is 1. The number of rotatable bonds is 4. The summed E-state index contributed by atoms with van der Waals surface area (Å²) in [5, 5.41) is 9.97. The van der Waals surface area contributed by atoms with Crippen molar-refractivity contribution in [1.82, 2.24) is 14.5 Å². The highest BCUT2D eigenvalue weighted by Crippen LogP contribution is 2.26. The van der Waals surface area contributed by atoms with Gasteiger partial charge in [-0.1, -0.05) is 24.3 Å². The second-order valence-corrected chi connectivity index (χ2v) is 6.23. The number of fused-ring (bicyclic) bond motifs is 1. The zero-order chi connectivity index (χ0) is 19.7. The number of methoxy groups -OCH3 is 1. The molecule has 0 fully saturated rings. The Kier molecular flexibility index (Phi) is 4.50. The maximum absolute atomic E-state index is 13.1. The van der Waals surface area contributed by atoms with E-state index in [4.69, 9.17) is 10.5 Å². The lowest BCUT2D eigenvalue weighted by atomic mass is 10.0. The first-order valence-corrected chi connectivity index (χ1v) is 8.64. The molecule has 140 valence electrons. The van der Waals surface area contributed by atoms with Crippen LogP contribution in [0.15, 0.2) is 65.6 Å². The Bertz CT molecular complexity index is 1220. The van der Waals surface area contributed by atoms with Gasteiger partial charge < -0.3 is 15.6 Å². The number of nitrogens with zero attached hydrogens (tertiary/aromatic N) is 3. The number of benzene rings is 2. The average molecular weight is 374 g/mol. The van der Waals surface area contributed by atoms with Crippen molar-refractivity contribution in [2.45, 2.75) is 6.61 Å². The zero-order valence-electron chi connectivity index (χ0n) is 15.2. The van der Waals surface area contributed by atoms with E-state index >= 15 is 0 Å². The lowest BCUT2D eigenvalue weighted by Gasteiger charge is -2.12. The van der Waals surface area contributed by atoms with Gasteiger partial charge in [-0.15, -0.1) is 0 Å². The van der Waals surface area contributed by atoms with E-state index in [9.17, 15) is 9.90 Å². The van der Waals surface area contributed by atoms with Crippen LogP contribution < -0.4 is 16.0 Å². The van der Waals surface area contributed by atoms with Crippen LogP contribution in [0.5, 0.6) is 5.88 Å². The number of nitrogen functional groups attached to an aromatic ring is 1. The SMILES string of the molecule is COc1ncc(-c2ccc3nc(N)n(-c4ccccc4)c(=O)c3c2)cc1CO. The number of aliphatic hydroxyl groups excluding tert-OH is 1. The standard InChI is InChI=1S/C21H18N4O3/c1-28-19-15(12-26)9-14(11-23-19)13-7-8-18-17(10-13)20(27)25(21(22)24-18)16-5-3-2-4-6-16/h2-11,26H,12H2,1H3,(H2,22,24). The molecular weight excluding hydrogens is 356 g/mol. The highest BCUT2D eigenvalue weighted by molar-refractivity contribution is 5.85. The first kappa shape index (κ1) is 17.7. The fourth-order valence-electron chi connectivity index (χ4n) is 3.16. The van der Waals surface area contributed by atoms with E-state index in [-0.39, 0.29) is 18.1 Å². The smallest absolute Gasteiger partial charge is 0.267 e. The van der Waals surface area contributed by atoms with Gasteiger partial charge in [0.25, 0.3) is 5.56 Å². The second-order valence-electron chi connectivity index (χ2n) is 6.23. The van der Waals surface area contributed by atoms with Gasteiger partial charge in [0, 0.05) is 17.3 Å². The summed E-state index contributed by atoms with van der Waals surface area (Å²) in [5.74, 6) is 0.498. The number of para-hydroxylation sites is 1. The van der Waals surface area contributed by atoms with Crippen LogP contribution in [0.4, 0.5) is 5.95 Å². The fraction of sp³-hybridized carbons (Fsp3) is 0.0952. The molecule has 2 aromatic carbocycles. The molecule has 28 heavy (non-hydrogen) atoms. The summed E-state index contributed by atoms with van der Waals surface area (Å²) in [6, 6.07) is 16.3. The molecule has 0 radical (unpaired) electrons. The van der Waals surface area contributed by atoms with Gasteiger partial charge >= 0.3 is 0 Å². The molecule has 0 aliphatic heterocycles. The van der Waals surface area contributed by atoms with Gasteiger partial charge in [0.1, 0.15) is 0 Å². The number of anilines is 1. The summed E-state index contributed by atoms with van der Waals surface area (Å²) < 4.78 is 6.53. The third kappa shape index (κ3) is 2.97. The van der Waals surface area contributed by atoms with Crippen molar-refractivity contribution < 1.29 is 9.84 Å². The maximum Gasteiger partial charge on any atom is 0.267 e. The van der Waals surface area contributed by atoms with Crippen molar-refractivity contribution in [3.8, 4) is 22.7 Å². The number of aliphatic hydroxyl groups is 1.